The summed E-state index contributed by atoms with van der Waals surface area (Å²) in [7, 11) is 0. The number of rotatable bonds is 4. The van der Waals surface area contributed by atoms with Gasteiger partial charge in [0.05, 0.1) is 17.9 Å². The van der Waals surface area contributed by atoms with Crippen LogP contribution in [0.2, 0.25) is 0 Å². The van der Waals surface area contributed by atoms with E-state index in [1.54, 1.807) is 17.4 Å². The van der Waals surface area contributed by atoms with Gasteiger partial charge in [-0.15, -0.1) is 11.3 Å². The zero-order valence-corrected chi connectivity index (χ0v) is 14.7. The van der Waals surface area contributed by atoms with Gasteiger partial charge in [0.2, 0.25) is 0 Å². The van der Waals surface area contributed by atoms with E-state index in [0.29, 0.717) is 23.1 Å². The van der Waals surface area contributed by atoms with Crippen LogP contribution in [0.15, 0.2) is 48.5 Å². The predicted octanol–water partition coefficient (Wildman–Crippen LogP) is 4.56. The Balaban J connectivity index is 1.61. The first-order chi connectivity index (χ1) is 12.3. The van der Waals surface area contributed by atoms with Crippen molar-refractivity contribution in [3.8, 4) is 17.0 Å². The molecule has 0 radical (unpaired) electrons. The first-order valence-corrected chi connectivity index (χ1v) is 9.19. The van der Waals surface area contributed by atoms with Gasteiger partial charge in [-0.2, -0.15) is 0 Å². The van der Waals surface area contributed by atoms with Crippen molar-refractivity contribution in [1.82, 2.24) is 4.98 Å². The maximum Gasteiger partial charge on any atom is 0.261 e. The Hall–Kier alpha value is -2.66. The van der Waals surface area contributed by atoms with Crippen molar-refractivity contribution in [2.24, 2.45) is 0 Å². The molecule has 1 amide bonds. The molecule has 1 N–H and O–H groups in total. The number of benzene rings is 2. The largest absolute Gasteiger partial charge is 0.493 e. The van der Waals surface area contributed by atoms with Crippen molar-refractivity contribution in [3.05, 3.63) is 64.5 Å². The lowest BCUT2D eigenvalue weighted by Crippen LogP contribution is -2.13. The first-order valence-electron chi connectivity index (χ1n) is 8.37. The van der Waals surface area contributed by atoms with Gasteiger partial charge in [-0.1, -0.05) is 36.4 Å². The zero-order chi connectivity index (χ0) is 17.2. The molecular formula is C20H18N2O2S. The Morgan fingerprint density at radius 1 is 1.16 bits per heavy atom. The number of hydrogen-bond acceptors (Lipinski definition) is 4. The summed E-state index contributed by atoms with van der Waals surface area (Å²) in [5.74, 6) is 0.401. The van der Waals surface area contributed by atoms with Crippen LogP contribution in [-0.2, 0) is 12.8 Å². The molecule has 0 aliphatic heterocycles. The minimum absolute atomic E-state index is 0.191. The molecule has 3 aromatic rings. The Bertz CT molecular complexity index is 933. The van der Waals surface area contributed by atoms with E-state index >= 15 is 0 Å². The van der Waals surface area contributed by atoms with E-state index in [-0.39, 0.29) is 5.91 Å². The lowest BCUT2D eigenvalue weighted by atomic mass is 9.94. The summed E-state index contributed by atoms with van der Waals surface area (Å²) in [4.78, 5) is 18.6. The molecule has 4 nitrogen and oxygen atoms in total. The molecule has 4 rings (SSSR count). The molecule has 0 saturated heterocycles. The molecule has 0 fully saturated rings. The van der Waals surface area contributed by atoms with E-state index in [1.165, 1.54) is 16.0 Å². The van der Waals surface area contributed by atoms with Crippen molar-refractivity contribution in [3.63, 3.8) is 0 Å². The fraction of sp³-hybridized carbons (Fsp3) is 0.200. The number of anilines is 1. The molecule has 2 aromatic carbocycles. The van der Waals surface area contributed by atoms with Gasteiger partial charge < -0.3 is 4.74 Å². The number of para-hydroxylation sites is 1. The van der Waals surface area contributed by atoms with E-state index in [4.69, 9.17) is 4.74 Å². The molecule has 126 valence electrons. The summed E-state index contributed by atoms with van der Waals surface area (Å²) in [6.45, 7) is 2.42. The monoisotopic (exact) mass is 350 g/mol. The van der Waals surface area contributed by atoms with Gasteiger partial charge in [-0.25, -0.2) is 4.98 Å². The van der Waals surface area contributed by atoms with Crippen molar-refractivity contribution in [1.29, 1.82) is 0 Å². The van der Waals surface area contributed by atoms with Crippen LogP contribution in [0.4, 0.5) is 5.13 Å². The highest BCUT2D eigenvalue weighted by Crippen LogP contribution is 2.38. The zero-order valence-electron chi connectivity index (χ0n) is 13.9. The van der Waals surface area contributed by atoms with E-state index in [0.717, 1.165) is 18.5 Å². The molecule has 1 aliphatic carbocycles. The second-order valence-corrected chi connectivity index (χ2v) is 6.91. The summed E-state index contributed by atoms with van der Waals surface area (Å²) in [6.07, 6.45) is 1.99. The highest BCUT2D eigenvalue weighted by Gasteiger charge is 2.22. The number of carbonyl (C=O) groups excluding carboxylic acids is 1. The van der Waals surface area contributed by atoms with Gasteiger partial charge in [0.1, 0.15) is 5.75 Å². The van der Waals surface area contributed by atoms with Crippen LogP contribution in [0, 0.1) is 0 Å². The summed E-state index contributed by atoms with van der Waals surface area (Å²) in [5.41, 5.74) is 4.02. The normalized spacial score (nSPS) is 12.2. The molecule has 1 heterocycles. The molecule has 0 saturated carbocycles. The second kappa shape index (κ2) is 6.69. The van der Waals surface area contributed by atoms with Crippen molar-refractivity contribution >= 4 is 22.4 Å². The Labute approximate surface area is 150 Å². The lowest BCUT2D eigenvalue weighted by Gasteiger charge is -2.13. The Kier molecular flexibility index (Phi) is 4.24. The SMILES string of the molecule is CCOc1ccccc1C(=O)Nc1nc2c(s1)CCc1ccccc1-2. The number of aromatic nitrogens is 1. The van der Waals surface area contributed by atoms with Gasteiger partial charge in [0.15, 0.2) is 5.13 Å². The number of carbonyl (C=O) groups is 1. The third-order valence-corrected chi connectivity index (χ3v) is 5.27. The number of aryl methyl sites for hydroxylation is 2. The molecule has 25 heavy (non-hydrogen) atoms. The van der Waals surface area contributed by atoms with E-state index < -0.39 is 0 Å². The van der Waals surface area contributed by atoms with Crippen LogP contribution in [0.5, 0.6) is 5.75 Å². The van der Waals surface area contributed by atoms with Gasteiger partial charge in [-0.05, 0) is 37.5 Å². The average Bonchev–Trinajstić information content (AvgIpc) is 3.05. The molecular weight excluding hydrogens is 332 g/mol. The minimum atomic E-state index is -0.191. The van der Waals surface area contributed by atoms with Gasteiger partial charge in [0.25, 0.3) is 5.91 Å². The summed E-state index contributed by atoms with van der Waals surface area (Å²) >= 11 is 1.56. The smallest absolute Gasteiger partial charge is 0.261 e. The van der Waals surface area contributed by atoms with Gasteiger partial charge in [-0.3, -0.25) is 10.1 Å². The highest BCUT2D eigenvalue weighted by molar-refractivity contribution is 7.16. The molecule has 0 unspecified atom stereocenters. The second-order valence-electron chi connectivity index (χ2n) is 5.83. The van der Waals surface area contributed by atoms with Crippen molar-refractivity contribution < 1.29 is 9.53 Å². The fourth-order valence-electron chi connectivity index (χ4n) is 3.10. The fourth-order valence-corrected chi connectivity index (χ4v) is 4.07. The van der Waals surface area contributed by atoms with Crippen molar-refractivity contribution in [2.45, 2.75) is 19.8 Å². The number of thiazole rings is 1. The van der Waals surface area contributed by atoms with Crippen LogP contribution in [-0.4, -0.2) is 17.5 Å². The van der Waals surface area contributed by atoms with Crippen LogP contribution >= 0.6 is 11.3 Å². The maximum absolute atomic E-state index is 12.6. The number of ether oxygens (including phenoxy) is 1. The summed E-state index contributed by atoms with van der Waals surface area (Å²) < 4.78 is 5.55. The first kappa shape index (κ1) is 15.8. The Morgan fingerprint density at radius 3 is 2.84 bits per heavy atom. The van der Waals surface area contributed by atoms with Crippen LogP contribution in [0.25, 0.3) is 11.3 Å². The van der Waals surface area contributed by atoms with E-state index in [1.807, 2.05) is 31.2 Å². The van der Waals surface area contributed by atoms with Crippen molar-refractivity contribution in [2.75, 3.05) is 11.9 Å². The number of nitrogens with zero attached hydrogens (tertiary/aromatic N) is 1. The lowest BCUT2D eigenvalue weighted by molar-refractivity contribution is 0.102. The topological polar surface area (TPSA) is 51.2 Å². The van der Waals surface area contributed by atoms with E-state index in [9.17, 15) is 4.79 Å². The summed E-state index contributed by atoms with van der Waals surface area (Å²) in [5, 5.41) is 3.57. The Morgan fingerprint density at radius 2 is 1.96 bits per heavy atom. The van der Waals surface area contributed by atoms with E-state index in [2.05, 4.69) is 28.5 Å². The molecule has 1 aromatic heterocycles. The number of amides is 1. The molecule has 1 aliphatic rings. The van der Waals surface area contributed by atoms with Gasteiger partial charge >= 0.3 is 0 Å². The molecule has 0 atom stereocenters. The number of fused-ring (bicyclic) bond motifs is 3. The number of hydrogen-bond donors (Lipinski definition) is 1. The molecule has 0 spiro atoms. The van der Waals surface area contributed by atoms with Crippen LogP contribution in [0.1, 0.15) is 27.7 Å². The van der Waals surface area contributed by atoms with Gasteiger partial charge in [0, 0.05) is 10.4 Å². The maximum atomic E-state index is 12.6. The number of nitrogens with one attached hydrogen (secondary N) is 1. The standard InChI is InChI=1S/C20H18N2O2S/c1-2-24-16-10-6-5-9-15(16)19(23)22-20-21-18-14-8-4-3-7-13(14)11-12-17(18)25-20/h3-10H,2,11-12H2,1H3,(H,21,22,23). The van der Waals surface area contributed by atoms with Crippen LogP contribution < -0.4 is 10.1 Å². The minimum Gasteiger partial charge on any atom is -0.493 e. The third kappa shape index (κ3) is 3.03. The average molecular weight is 350 g/mol. The highest BCUT2D eigenvalue weighted by atomic mass is 32.1. The molecule has 5 heteroatoms. The quantitative estimate of drug-likeness (QED) is 0.750. The summed E-state index contributed by atoms with van der Waals surface area (Å²) in [6, 6.07) is 15.6. The molecule has 0 bridgehead atoms. The third-order valence-electron chi connectivity index (χ3n) is 4.24. The van der Waals surface area contributed by atoms with Crippen LogP contribution in [0.3, 0.4) is 0 Å². The predicted molar refractivity (Wildman–Crippen MR) is 101 cm³/mol.